The molecule has 0 saturated carbocycles. The van der Waals surface area contributed by atoms with Crippen LogP contribution in [0.4, 0.5) is 4.79 Å². The fraction of sp³-hybridized carbons (Fsp3) is 0.789. The van der Waals surface area contributed by atoms with E-state index in [0.717, 1.165) is 51.0 Å². The molecule has 0 atom stereocenters. The molecular weight excluding hydrogens is 515 g/mol. The number of aliphatic imine (C=N–C) groups is 1. The van der Waals surface area contributed by atoms with Gasteiger partial charge in [-0.15, -0.1) is 34.2 Å². The number of carbonyl (C=O) groups excluding carboxylic acids is 1. The average Bonchev–Trinajstić information content (AvgIpc) is 3.00. The Kier molecular flexibility index (Phi) is 12.1. The molecule has 2 rings (SSSR count). The van der Waals surface area contributed by atoms with E-state index >= 15 is 0 Å². The molecule has 11 nitrogen and oxygen atoms in total. The molecule has 2 heterocycles. The normalized spacial score (nSPS) is 15.2. The number of amides is 1. The van der Waals surface area contributed by atoms with E-state index in [1.807, 2.05) is 39.3 Å². The molecule has 1 aromatic rings. The summed E-state index contributed by atoms with van der Waals surface area (Å²) >= 11 is 0. The number of alkyl carbamates (subject to hydrolysis) is 1. The molecule has 1 fully saturated rings. The molecule has 31 heavy (non-hydrogen) atoms. The number of hydrogen-bond acceptors (Lipinski definition) is 7. The van der Waals surface area contributed by atoms with Crippen LogP contribution in [0.25, 0.3) is 0 Å². The van der Waals surface area contributed by atoms with E-state index in [-0.39, 0.29) is 24.0 Å². The van der Waals surface area contributed by atoms with Crippen LogP contribution in [0.15, 0.2) is 4.99 Å². The van der Waals surface area contributed by atoms with E-state index in [4.69, 9.17) is 9.47 Å². The third-order valence-corrected chi connectivity index (χ3v) is 4.47. The third-order valence-electron chi connectivity index (χ3n) is 4.47. The maximum atomic E-state index is 11.8. The average molecular weight is 552 g/mol. The molecule has 3 N–H and O–H groups in total. The van der Waals surface area contributed by atoms with Crippen molar-refractivity contribution in [2.45, 2.75) is 39.8 Å². The molecule has 0 aromatic carbocycles. The van der Waals surface area contributed by atoms with Gasteiger partial charge in [0.1, 0.15) is 18.0 Å². The maximum absolute atomic E-state index is 11.8. The van der Waals surface area contributed by atoms with Gasteiger partial charge >= 0.3 is 6.09 Å². The Balaban J connectivity index is 0.00000480. The Bertz CT molecular complexity index is 699. The predicted octanol–water partition coefficient (Wildman–Crippen LogP) is 0.634. The van der Waals surface area contributed by atoms with Crippen molar-refractivity contribution in [3.8, 4) is 0 Å². The van der Waals surface area contributed by atoms with Gasteiger partial charge in [-0.2, -0.15) is 0 Å². The van der Waals surface area contributed by atoms with Crippen LogP contribution >= 0.6 is 24.0 Å². The van der Waals surface area contributed by atoms with Gasteiger partial charge in [-0.3, -0.25) is 4.90 Å². The summed E-state index contributed by atoms with van der Waals surface area (Å²) in [6, 6.07) is 0. The van der Waals surface area contributed by atoms with Crippen molar-refractivity contribution in [1.82, 2.24) is 35.6 Å². The number of nitrogens with zero attached hydrogens (tertiary/aromatic N) is 5. The minimum atomic E-state index is -0.514. The minimum absolute atomic E-state index is 0. The third kappa shape index (κ3) is 11.0. The number of nitrogens with one attached hydrogen (secondary N) is 3. The van der Waals surface area contributed by atoms with E-state index in [9.17, 15) is 4.79 Å². The van der Waals surface area contributed by atoms with Gasteiger partial charge in [0.25, 0.3) is 0 Å². The highest BCUT2D eigenvalue weighted by Crippen LogP contribution is 2.06. The lowest BCUT2D eigenvalue weighted by Gasteiger charge is -2.26. The number of halogens is 1. The van der Waals surface area contributed by atoms with E-state index in [2.05, 4.69) is 36.0 Å². The van der Waals surface area contributed by atoms with Crippen molar-refractivity contribution in [2.24, 2.45) is 12.0 Å². The van der Waals surface area contributed by atoms with Crippen LogP contribution in [0.2, 0.25) is 0 Å². The summed E-state index contributed by atoms with van der Waals surface area (Å²) in [7, 11) is 1.92. The molecule has 1 amide bonds. The van der Waals surface area contributed by atoms with Crippen LogP contribution < -0.4 is 16.0 Å². The molecule has 1 aliphatic heterocycles. The molecule has 0 unspecified atom stereocenters. The lowest BCUT2D eigenvalue weighted by molar-refractivity contribution is 0.0389. The molecular formula is C19H37IN8O3. The molecule has 178 valence electrons. The number of morpholine rings is 1. The number of aromatic nitrogens is 3. The zero-order chi connectivity index (χ0) is 22.0. The van der Waals surface area contributed by atoms with Gasteiger partial charge < -0.3 is 30.0 Å². The molecule has 1 saturated heterocycles. The molecule has 0 radical (unpaired) electrons. The highest BCUT2D eigenvalue weighted by atomic mass is 127. The van der Waals surface area contributed by atoms with E-state index < -0.39 is 11.7 Å². The maximum Gasteiger partial charge on any atom is 0.407 e. The first-order valence-corrected chi connectivity index (χ1v) is 10.4. The quantitative estimate of drug-likeness (QED) is 0.186. The van der Waals surface area contributed by atoms with Crippen molar-refractivity contribution >= 4 is 36.0 Å². The van der Waals surface area contributed by atoms with Gasteiger partial charge in [-0.25, -0.2) is 9.79 Å². The molecule has 0 aliphatic carbocycles. The first kappa shape index (κ1) is 27.4. The van der Waals surface area contributed by atoms with Crippen LogP contribution in [-0.2, 0) is 23.1 Å². The Morgan fingerprint density at radius 1 is 1.13 bits per heavy atom. The van der Waals surface area contributed by atoms with E-state index in [0.29, 0.717) is 25.6 Å². The highest BCUT2D eigenvalue weighted by molar-refractivity contribution is 14.0. The number of guanidine groups is 1. The van der Waals surface area contributed by atoms with Gasteiger partial charge in [0, 0.05) is 46.3 Å². The fourth-order valence-electron chi connectivity index (χ4n) is 2.73. The van der Waals surface area contributed by atoms with Gasteiger partial charge in [0.2, 0.25) is 0 Å². The number of aryl methyl sites for hydroxylation is 1. The van der Waals surface area contributed by atoms with E-state index in [1.54, 1.807) is 0 Å². The van der Waals surface area contributed by atoms with Crippen molar-refractivity contribution in [3.05, 3.63) is 11.6 Å². The Morgan fingerprint density at radius 3 is 2.39 bits per heavy atom. The summed E-state index contributed by atoms with van der Waals surface area (Å²) in [4.78, 5) is 18.7. The first-order valence-electron chi connectivity index (χ1n) is 10.4. The number of ether oxygens (including phenoxy) is 2. The lowest BCUT2D eigenvalue weighted by Crippen LogP contribution is -2.46. The van der Waals surface area contributed by atoms with Gasteiger partial charge in [0.05, 0.1) is 13.2 Å². The predicted molar refractivity (Wildman–Crippen MR) is 130 cm³/mol. The van der Waals surface area contributed by atoms with Crippen LogP contribution in [0, 0.1) is 6.92 Å². The van der Waals surface area contributed by atoms with Gasteiger partial charge in [-0.1, -0.05) is 0 Å². The van der Waals surface area contributed by atoms with Crippen LogP contribution in [0.5, 0.6) is 0 Å². The summed E-state index contributed by atoms with van der Waals surface area (Å²) in [5.41, 5.74) is -0.514. The minimum Gasteiger partial charge on any atom is -0.444 e. The standard InChI is InChI=1S/C19H36N8O3.HI/c1-15-24-25-16(26(15)5)14-23-17(21-8-9-27-10-12-29-13-11-27)20-6-7-22-18(28)30-19(2,3)4;/h6-14H2,1-5H3,(H,22,28)(H2,20,21,23);1H. The summed E-state index contributed by atoms with van der Waals surface area (Å²) in [6.07, 6.45) is -0.433. The van der Waals surface area contributed by atoms with Crippen LogP contribution in [-0.4, -0.2) is 89.8 Å². The smallest absolute Gasteiger partial charge is 0.407 e. The second-order valence-electron chi connectivity index (χ2n) is 8.12. The van der Waals surface area contributed by atoms with Gasteiger partial charge in [0.15, 0.2) is 11.8 Å². The molecule has 1 aliphatic rings. The van der Waals surface area contributed by atoms with Crippen molar-refractivity contribution in [2.75, 3.05) is 52.5 Å². The largest absolute Gasteiger partial charge is 0.444 e. The van der Waals surface area contributed by atoms with Crippen LogP contribution in [0.1, 0.15) is 32.4 Å². The van der Waals surface area contributed by atoms with Crippen LogP contribution in [0.3, 0.4) is 0 Å². The SMILES string of the molecule is Cc1nnc(CN=C(NCCNC(=O)OC(C)(C)C)NCCN2CCOCC2)n1C.I. The van der Waals surface area contributed by atoms with Gasteiger partial charge in [-0.05, 0) is 27.7 Å². The Labute approximate surface area is 201 Å². The summed E-state index contributed by atoms with van der Waals surface area (Å²) in [5, 5.41) is 17.5. The first-order chi connectivity index (χ1) is 14.2. The number of carbonyl (C=O) groups is 1. The highest BCUT2D eigenvalue weighted by Gasteiger charge is 2.15. The van der Waals surface area contributed by atoms with E-state index in [1.165, 1.54) is 0 Å². The fourth-order valence-corrected chi connectivity index (χ4v) is 2.73. The van der Waals surface area contributed by atoms with Crippen molar-refractivity contribution in [3.63, 3.8) is 0 Å². The van der Waals surface area contributed by atoms with Crippen molar-refractivity contribution in [1.29, 1.82) is 0 Å². The molecule has 0 spiro atoms. The summed E-state index contributed by atoms with van der Waals surface area (Å²) < 4.78 is 12.5. The Hall–Kier alpha value is -1.67. The zero-order valence-corrected chi connectivity index (χ0v) is 21.6. The van der Waals surface area contributed by atoms with Crippen molar-refractivity contribution < 1.29 is 14.3 Å². The summed E-state index contributed by atoms with van der Waals surface area (Å²) in [6.45, 7) is 13.9. The zero-order valence-electron chi connectivity index (χ0n) is 19.2. The summed E-state index contributed by atoms with van der Waals surface area (Å²) in [5.74, 6) is 2.29. The second-order valence-corrected chi connectivity index (χ2v) is 8.12. The monoisotopic (exact) mass is 552 g/mol. The molecule has 0 bridgehead atoms. The lowest BCUT2D eigenvalue weighted by atomic mass is 10.2. The second kappa shape index (κ2) is 13.7. The Morgan fingerprint density at radius 2 is 1.77 bits per heavy atom. The number of rotatable bonds is 8. The topological polar surface area (TPSA) is 118 Å². The molecule has 1 aromatic heterocycles. The number of hydrogen-bond donors (Lipinski definition) is 3. The molecule has 12 heteroatoms.